The molecule has 2 aliphatic rings. The zero-order valence-electron chi connectivity index (χ0n) is 13.4. The maximum absolute atomic E-state index is 12.8. The molecule has 1 fully saturated rings. The van der Waals surface area contributed by atoms with Gasteiger partial charge in [0.1, 0.15) is 5.75 Å². The van der Waals surface area contributed by atoms with Crippen molar-refractivity contribution in [2.45, 2.75) is 25.8 Å². The summed E-state index contributed by atoms with van der Waals surface area (Å²) in [4.78, 5) is 26.8. The normalized spacial score (nSPS) is 15.9. The monoisotopic (exact) mass is 322 g/mol. The summed E-state index contributed by atoms with van der Waals surface area (Å²) in [5.41, 5.74) is 1.70. The lowest BCUT2D eigenvalue weighted by atomic mass is 10.1. The van der Waals surface area contributed by atoms with Crippen LogP contribution in [-0.2, 0) is 0 Å². The van der Waals surface area contributed by atoms with E-state index in [9.17, 15) is 9.59 Å². The van der Waals surface area contributed by atoms with Crippen LogP contribution >= 0.6 is 0 Å². The van der Waals surface area contributed by atoms with E-state index >= 15 is 0 Å². The van der Waals surface area contributed by atoms with Crippen LogP contribution in [-0.4, -0.2) is 24.4 Å². The van der Waals surface area contributed by atoms with Gasteiger partial charge in [0, 0.05) is 18.2 Å². The number of para-hydroxylation sites is 1. The SMILES string of the molecule is CCN1C(=O)c2ccccc2Oc2ccc(C(=O)NC3CC3)cc21. The average molecular weight is 322 g/mol. The van der Waals surface area contributed by atoms with Crippen molar-refractivity contribution in [2.24, 2.45) is 0 Å². The maximum atomic E-state index is 12.8. The zero-order valence-corrected chi connectivity index (χ0v) is 13.4. The zero-order chi connectivity index (χ0) is 16.7. The van der Waals surface area contributed by atoms with E-state index in [0.29, 0.717) is 40.9 Å². The van der Waals surface area contributed by atoms with E-state index < -0.39 is 0 Å². The minimum atomic E-state index is -0.119. The van der Waals surface area contributed by atoms with E-state index in [1.54, 1.807) is 35.2 Å². The van der Waals surface area contributed by atoms with Crippen molar-refractivity contribution >= 4 is 17.5 Å². The number of hydrogen-bond donors (Lipinski definition) is 1. The predicted octanol–water partition coefficient (Wildman–Crippen LogP) is 3.35. The molecular formula is C19H18N2O3. The van der Waals surface area contributed by atoms with Gasteiger partial charge in [-0.3, -0.25) is 9.59 Å². The molecule has 5 heteroatoms. The number of hydrogen-bond acceptors (Lipinski definition) is 3. The fraction of sp³-hybridized carbons (Fsp3) is 0.263. The fourth-order valence-corrected chi connectivity index (χ4v) is 2.87. The van der Waals surface area contributed by atoms with Crippen LogP contribution in [0.25, 0.3) is 0 Å². The summed E-state index contributed by atoms with van der Waals surface area (Å²) >= 11 is 0. The number of benzene rings is 2. The van der Waals surface area contributed by atoms with Crippen LogP contribution in [0.4, 0.5) is 5.69 Å². The minimum Gasteiger partial charge on any atom is -0.454 e. The number of rotatable bonds is 3. The van der Waals surface area contributed by atoms with Gasteiger partial charge in [-0.15, -0.1) is 0 Å². The van der Waals surface area contributed by atoms with Crippen molar-refractivity contribution in [3.8, 4) is 11.5 Å². The lowest BCUT2D eigenvalue weighted by molar-refractivity contribution is 0.0948. The van der Waals surface area contributed by atoms with Gasteiger partial charge in [0.05, 0.1) is 11.3 Å². The van der Waals surface area contributed by atoms with Gasteiger partial charge in [0.15, 0.2) is 5.75 Å². The number of carbonyl (C=O) groups excluding carboxylic acids is 2. The Bertz CT molecular complexity index is 827. The van der Waals surface area contributed by atoms with Crippen molar-refractivity contribution in [1.29, 1.82) is 0 Å². The van der Waals surface area contributed by atoms with Crippen molar-refractivity contribution in [3.05, 3.63) is 53.6 Å². The molecular weight excluding hydrogens is 304 g/mol. The van der Waals surface area contributed by atoms with Crippen LogP contribution in [0.3, 0.4) is 0 Å². The van der Waals surface area contributed by atoms with Crippen molar-refractivity contribution in [3.63, 3.8) is 0 Å². The fourth-order valence-electron chi connectivity index (χ4n) is 2.87. The molecule has 1 aliphatic carbocycles. The van der Waals surface area contributed by atoms with Crippen molar-refractivity contribution < 1.29 is 14.3 Å². The minimum absolute atomic E-state index is 0.106. The van der Waals surface area contributed by atoms with Gasteiger partial charge in [-0.05, 0) is 50.1 Å². The Morgan fingerprint density at radius 3 is 2.75 bits per heavy atom. The molecule has 0 unspecified atom stereocenters. The second kappa shape index (κ2) is 5.67. The van der Waals surface area contributed by atoms with Gasteiger partial charge in [-0.2, -0.15) is 0 Å². The van der Waals surface area contributed by atoms with Crippen LogP contribution in [0.1, 0.15) is 40.5 Å². The Labute approximate surface area is 140 Å². The predicted molar refractivity (Wildman–Crippen MR) is 90.8 cm³/mol. The molecule has 2 aromatic carbocycles. The molecule has 1 N–H and O–H groups in total. The molecule has 0 bridgehead atoms. The molecule has 1 aliphatic heterocycles. The summed E-state index contributed by atoms with van der Waals surface area (Å²) in [6.07, 6.45) is 2.07. The van der Waals surface area contributed by atoms with Crippen LogP contribution in [0, 0.1) is 0 Å². The Morgan fingerprint density at radius 2 is 2.00 bits per heavy atom. The first-order valence-corrected chi connectivity index (χ1v) is 8.21. The standard InChI is InChI=1S/C19H18N2O3/c1-2-21-15-11-12(18(22)20-13-8-9-13)7-10-17(15)24-16-6-4-3-5-14(16)19(21)23/h3-7,10-11,13H,2,8-9H2,1H3,(H,20,22). The summed E-state index contributed by atoms with van der Waals surface area (Å²) in [6, 6.07) is 12.7. The Hall–Kier alpha value is -2.82. The van der Waals surface area contributed by atoms with E-state index in [1.807, 2.05) is 19.1 Å². The van der Waals surface area contributed by atoms with Crippen molar-refractivity contribution in [1.82, 2.24) is 5.32 Å². The molecule has 4 rings (SSSR count). The lowest BCUT2D eigenvalue weighted by Crippen LogP contribution is -2.30. The van der Waals surface area contributed by atoms with Crippen LogP contribution < -0.4 is 15.0 Å². The number of nitrogens with zero attached hydrogens (tertiary/aromatic N) is 1. The quantitative estimate of drug-likeness (QED) is 0.943. The first-order chi connectivity index (χ1) is 11.7. The van der Waals surface area contributed by atoms with E-state index in [0.717, 1.165) is 12.8 Å². The lowest BCUT2D eigenvalue weighted by Gasteiger charge is -2.20. The van der Waals surface area contributed by atoms with Gasteiger partial charge in [-0.25, -0.2) is 0 Å². The molecule has 0 spiro atoms. The van der Waals surface area contributed by atoms with Gasteiger partial charge in [-0.1, -0.05) is 12.1 Å². The molecule has 0 radical (unpaired) electrons. The Kier molecular flexibility index (Phi) is 3.49. The summed E-state index contributed by atoms with van der Waals surface area (Å²) in [5.74, 6) is 0.894. The second-order valence-corrected chi connectivity index (χ2v) is 6.08. The van der Waals surface area contributed by atoms with E-state index in [2.05, 4.69) is 5.32 Å². The van der Waals surface area contributed by atoms with Crippen LogP contribution in [0.15, 0.2) is 42.5 Å². The molecule has 2 amide bonds. The second-order valence-electron chi connectivity index (χ2n) is 6.08. The summed E-state index contributed by atoms with van der Waals surface area (Å²) in [5, 5.41) is 2.97. The highest BCUT2D eigenvalue weighted by atomic mass is 16.5. The van der Waals surface area contributed by atoms with Crippen LogP contribution in [0.5, 0.6) is 11.5 Å². The molecule has 1 heterocycles. The maximum Gasteiger partial charge on any atom is 0.262 e. The van der Waals surface area contributed by atoms with E-state index in [1.165, 1.54) is 0 Å². The summed E-state index contributed by atoms with van der Waals surface area (Å²) < 4.78 is 5.94. The topological polar surface area (TPSA) is 58.6 Å². The van der Waals surface area contributed by atoms with E-state index in [-0.39, 0.29) is 11.8 Å². The smallest absolute Gasteiger partial charge is 0.262 e. The number of amides is 2. The van der Waals surface area contributed by atoms with Gasteiger partial charge < -0.3 is 15.0 Å². The van der Waals surface area contributed by atoms with Crippen molar-refractivity contribution in [2.75, 3.05) is 11.4 Å². The van der Waals surface area contributed by atoms with Gasteiger partial charge >= 0.3 is 0 Å². The Balaban J connectivity index is 1.76. The highest BCUT2D eigenvalue weighted by Gasteiger charge is 2.29. The third-order valence-corrected chi connectivity index (χ3v) is 4.32. The number of ether oxygens (including phenoxy) is 1. The molecule has 0 aromatic heterocycles. The van der Waals surface area contributed by atoms with Gasteiger partial charge in [0.2, 0.25) is 0 Å². The number of nitrogens with one attached hydrogen (secondary N) is 1. The highest BCUT2D eigenvalue weighted by molar-refractivity contribution is 6.10. The van der Waals surface area contributed by atoms with Crippen LogP contribution in [0.2, 0.25) is 0 Å². The van der Waals surface area contributed by atoms with Gasteiger partial charge in [0.25, 0.3) is 11.8 Å². The molecule has 122 valence electrons. The molecule has 24 heavy (non-hydrogen) atoms. The largest absolute Gasteiger partial charge is 0.454 e. The third kappa shape index (κ3) is 2.52. The first-order valence-electron chi connectivity index (χ1n) is 8.21. The number of anilines is 1. The molecule has 1 saturated carbocycles. The molecule has 5 nitrogen and oxygen atoms in total. The molecule has 0 atom stereocenters. The third-order valence-electron chi connectivity index (χ3n) is 4.32. The molecule has 2 aromatic rings. The Morgan fingerprint density at radius 1 is 1.21 bits per heavy atom. The summed E-state index contributed by atoms with van der Waals surface area (Å²) in [7, 11) is 0. The van der Waals surface area contributed by atoms with E-state index in [4.69, 9.17) is 4.74 Å². The first kappa shape index (κ1) is 14.8. The summed E-state index contributed by atoms with van der Waals surface area (Å²) in [6.45, 7) is 2.41. The molecule has 0 saturated heterocycles. The number of fused-ring (bicyclic) bond motifs is 2. The average Bonchev–Trinajstić information content (AvgIpc) is 3.41. The highest BCUT2D eigenvalue weighted by Crippen LogP contribution is 2.39. The number of carbonyl (C=O) groups is 2.